The van der Waals surface area contributed by atoms with Crippen molar-refractivity contribution in [3.05, 3.63) is 11.1 Å². The maximum absolute atomic E-state index is 12.6. The first-order chi connectivity index (χ1) is 11.0. The summed E-state index contributed by atoms with van der Waals surface area (Å²) < 4.78 is 0. The number of carbonyl (C=O) groups is 1. The van der Waals surface area contributed by atoms with Crippen LogP contribution in [0.4, 0.5) is 5.13 Å². The zero-order valence-corrected chi connectivity index (χ0v) is 15.0. The minimum atomic E-state index is 0.178. The van der Waals surface area contributed by atoms with Gasteiger partial charge in [-0.3, -0.25) is 4.79 Å². The Morgan fingerprint density at radius 1 is 1.26 bits per heavy atom. The van der Waals surface area contributed by atoms with E-state index in [4.69, 9.17) is 0 Å². The Morgan fingerprint density at radius 3 is 2.43 bits per heavy atom. The molecule has 4 aliphatic rings. The number of hydrogen-bond acceptors (Lipinski definition) is 4. The molecule has 1 amide bonds. The highest BCUT2D eigenvalue weighted by Gasteiger charge is 2.51. The Morgan fingerprint density at radius 2 is 1.87 bits per heavy atom. The van der Waals surface area contributed by atoms with Gasteiger partial charge in [0.1, 0.15) is 0 Å². The third-order valence-electron chi connectivity index (χ3n) is 5.98. The first-order valence-electron chi connectivity index (χ1n) is 8.89. The summed E-state index contributed by atoms with van der Waals surface area (Å²) in [4.78, 5) is 19.2. The molecule has 4 nitrogen and oxygen atoms in total. The molecule has 1 aromatic heterocycles. The molecule has 0 aliphatic heterocycles. The molecule has 0 atom stereocenters. The second-order valence-electron chi connectivity index (χ2n) is 8.52. The minimum absolute atomic E-state index is 0.178. The predicted octanol–water partition coefficient (Wildman–Crippen LogP) is 3.75. The Balaban J connectivity index is 1.37. The normalized spacial score (nSPS) is 35.0. The van der Waals surface area contributed by atoms with Crippen molar-refractivity contribution in [2.45, 2.75) is 51.5 Å². The van der Waals surface area contributed by atoms with Crippen molar-refractivity contribution in [3.63, 3.8) is 0 Å². The Labute approximate surface area is 142 Å². The second-order valence-corrected chi connectivity index (χ2v) is 9.38. The number of carbonyl (C=O) groups excluding carboxylic acids is 1. The number of nitrogens with zero attached hydrogens (tertiary/aromatic N) is 2. The van der Waals surface area contributed by atoms with Crippen LogP contribution in [0.2, 0.25) is 0 Å². The van der Waals surface area contributed by atoms with Crippen LogP contribution in [0.25, 0.3) is 0 Å². The molecular formula is C18H27N3OS. The standard InChI is InChI=1S/C18H27N3OS/c1-21(2)10-15-11-23-17(19-15)20-16(22)9-18-6-12-3-13(7-18)5-14(4-12)8-18/h11-14H,3-10H2,1-2H3,(H,19,20,22). The number of hydrogen-bond donors (Lipinski definition) is 1. The van der Waals surface area contributed by atoms with Gasteiger partial charge in [-0.05, 0) is 75.8 Å². The van der Waals surface area contributed by atoms with E-state index >= 15 is 0 Å². The van der Waals surface area contributed by atoms with E-state index in [0.717, 1.165) is 35.1 Å². The maximum Gasteiger partial charge on any atom is 0.226 e. The van der Waals surface area contributed by atoms with Crippen molar-refractivity contribution < 1.29 is 4.79 Å². The Kier molecular flexibility index (Phi) is 3.96. The van der Waals surface area contributed by atoms with Gasteiger partial charge in [-0.2, -0.15) is 0 Å². The number of aromatic nitrogens is 1. The average Bonchev–Trinajstić information content (AvgIpc) is 2.82. The predicted molar refractivity (Wildman–Crippen MR) is 93.4 cm³/mol. The number of rotatable bonds is 5. The summed E-state index contributed by atoms with van der Waals surface area (Å²) in [7, 11) is 4.06. The SMILES string of the molecule is CN(C)Cc1csc(NC(=O)CC23CC4CC(CC(C4)C2)C3)n1. The van der Waals surface area contributed by atoms with E-state index in [-0.39, 0.29) is 5.91 Å². The van der Waals surface area contributed by atoms with E-state index in [1.807, 2.05) is 19.5 Å². The summed E-state index contributed by atoms with van der Waals surface area (Å²) >= 11 is 1.54. The maximum atomic E-state index is 12.6. The van der Waals surface area contributed by atoms with Gasteiger partial charge in [0, 0.05) is 18.3 Å². The molecule has 5 heteroatoms. The molecule has 4 fully saturated rings. The fourth-order valence-corrected chi connectivity index (χ4v) is 6.49. The van der Waals surface area contributed by atoms with Crippen molar-refractivity contribution in [1.29, 1.82) is 0 Å². The third kappa shape index (κ3) is 3.31. The zero-order chi connectivity index (χ0) is 16.0. The molecule has 4 bridgehead atoms. The molecule has 126 valence electrons. The lowest BCUT2D eigenvalue weighted by atomic mass is 9.49. The van der Waals surface area contributed by atoms with E-state index < -0.39 is 0 Å². The van der Waals surface area contributed by atoms with Gasteiger partial charge < -0.3 is 10.2 Å². The molecule has 0 saturated heterocycles. The summed E-state index contributed by atoms with van der Waals surface area (Å²) in [6, 6.07) is 0. The van der Waals surface area contributed by atoms with E-state index in [1.165, 1.54) is 38.5 Å². The van der Waals surface area contributed by atoms with E-state index in [2.05, 4.69) is 15.2 Å². The van der Waals surface area contributed by atoms with E-state index in [9.17, 15) is 4.79 Å². The van der Waals surface area contributed by atoms with Crippen LogP contribution < -0.4 is 5.32 Å². The molecular weight excluding hydrogens is 306 g/mol. The molecule has 1 heterocycles. The molecule has 1 aromatic rings. The van der Waals surface area contributed by atoms with Crippen LogP contribution in [0.3, 0.4) is 0 Å². The van der Waals surface area contributed by atoms with Gasteiger partial charge in [0.15, 0.2) is 5.13 Å². The quantitative estimate of drug-likeness (QED) is 0.892. The van der Waals surface area contributed by atoms with Crippen LogP contribution in [-0.2, 0) is 11.3 Å². The lowest BCUT2D eigenvalue weighted by Gasteiger charge is -2.56. The van der Waals surface area contributed by atoms with Gasteiger partial charge in [0.25, 0.3) is 0 Å². The molecule has 4 aliphatic carbocycles. The van der Waals surface area contributed by atoms with E-state index in [1.54, 1.807) is 11.3 Å². The molecule has 23 heavy (non-hydrogen) atoms. The van der Waals surface area contributed by atoms with Gasteiger partial charge >= 0.3 is 0 Å². The summed E-state index contributed by atoms with van der Waals surface area (Å²) in [6.07, 6.45) is 8.87. The molecule has 0 unspecified atom stereocenters. The topological polar surface area (TPSA) is 45.2 Å². The number of thiazole rings is 1. The summed E-state index contributed by atoms with van der Waals surface area (Å²) in [6.45, 7) is 0.821. The molecule has 0 aromatic carbocycles. The van der Waals surface area contributed by atoms with Gasteiger partial charge in [0.05, 0.1) is 5.69 Å². The number of amides is 1. The van der Waals surface area contributed by atoms with Crippen molar-refractivity contribution in [2.24, 2.45) is 23.2 Å². The monoisotopic (exact) mass is 333 g/mol. The fraction of sp³-hybridized carbons (Fsp3) is 0.778. The van der Waals surface area contributed by atoms with Gasteiger partial charge in [-0.1, -0.05) is 0 Å². The van der Waals surface area contributed by atoms with Crippen LogP contribution >= 0.6 is 11.3 Å². The van der Waals surface area contributed by atoms with Gasteiger partial charge in [-0.25, -0.2) is 4.98 Å². The number of anilines is 1. The smallest absolute Gasteiger partial charge is 0.226 e. The molecule has 0 radical (unpaired) electrons. The summed E-state index contributed by atoms with van der Waals surface area (Å²) in [5.74, 6) is 2.89. The highest BCUT2D eigenvalue weighted by molar-refractivity contribution is 7.13. The van der Waals surface area contributed by atoms with Crippen LogP contribution in [0.15, 0.2) is 5.38 Å². The average molecular weight is 334 g/mol. The van der Waals surface area contributed by atoms with Crippen LogP contribution in [0.1, 0.15) is 50.6 Å². The van der Waals surface area contributed by atoms with Gasteiger partial charge in [-0.15, -0.1) is 11.3 Å². The highest BCUT2D eigenvalue weighted by atomic mass is 32.1. The summed E-state index contributed by atoms with van der Waals surface area (Å²) in [5.41, 5.74) is 1.34. The molecule has 0 spiro atoms. The van der Waals surface area contributed by atoms with Crippen molar-refractivity contribution >= 4 is 22.4 Å². The van der Waals surface area contributed by atoms with Crippen LogP contribution in [0, 0.1) is 23.2 Å². The summed E-state index contributed by atoms with van der Waals surface area (Å²) in [5, 5.41) is 5.86. The van der Waals surface area contributed by atoms with Crippen LogP contribution in [-0.4, -0.2) is 29.9 Å². The third-order valence-corrected chi connectivity index (χ3v) is 6.78. The fourth-order valence-electron chi connectivity index (χ4n) is 5.77. The number of nitrogens with one attached hydrogen (secondary N) is 1. The van der Waals surface area contributed by atoms with Crippen molar-refractivity contribution in [3.8, 4) is 0 Å². The first-order valence-corrected chi connectivity index (χ1v) is 9.77. The first kappa shape index (κ1) is 15.6. The Bertz CT molecular complexity index is 560. The van der Waals surface area contributed by atoms with E-state index in [0.29, 0.717) is 11.8 Å². The molecule has 5 rings (SSSR count). The Hall–Kier alpha value is -0.940. The lowest BCUT2D eigenvalue weighted by molar-refractivity contribution is -0.124. The highest BCUT2D eigenvalue weighted by Crippen LogP contribution is 2.61. The van der Waals surface area contributed by atoms with Crippen molar-refractivity contribution in [2.75, 3.05) is 19.4 Å². The lowest BCUT2D eigenvalue weighted by Crippen LogP contribution is -2.47. The minimum Gasteiger partial charge on any atom is -0.304 e. The van der Waals surface area contributed by atoms with Crippen LogP contribution in [0.5, 0.6) is 0 Å². The molecule has 4 saturated carbocycles. The largest absolute Gasteiger partial charge is 0.304 e. The second kappa shape index (κ2) is 5.85. The molecule has 1 N–H and O–H groups in total. The van der Waals surface area contributed by atoms with Crippen molar-refractivity contribution in [1.82, 2.24) is 9.88 Å². The van der Waals surface area contributed by atoms with Gasteiger partial charge in [0.2, 0.25) is 5.91 Å². The zero-order valence-electron chi connectivity index (χ0n) is 14.2.